The summed E-state index contributed by atoms with van der Waals surface area (Å²) in [6, 6.07) is 5.86. The van der Waals surface area contributed by atoms with Gasteiger partial charge in [0.1, 0.15) is 0 Å². The minimum atomic E-state index is 0.607. The van der Waals surface area contributed by atoms with Gasteiger partial charge in [0.05, 0.1) is 0 Å². The topological polar surface area (TPSA) is 63.2 Å². The molecule has 3 rings (SSSR count). The summed E-state index contributed by atoms with van der Waals surface area (Å²) in [4.78, 5) is 15.7. The molecule has 0 saturated carbocycles. The Bertz CT molecular complexity index is 613. The van der Waals surface area contributed by atoms with Gasteiger partial charge >= 0.3 is 132 Å². The fraction of sp³-hybridized carbons (Fsp3) is 0.357. The number of hydrogen-bond acceptors (Lipinski definition) is 6. The van der Waals surface area contributed by atoms with Crippen molar-refractivity contribution < 1.29 is 4.74 Å². The van der Waals surface area contributed by atoms with Crippen molar-refractivity contribution in [2.24, 2.45) is 0 Å². The van der Waals surface area contributed by atoms with Crippen molar-refractivity contribution in [1.82, 2.24) is 20.3 Å². The van der Waals surface area contributed by atoms with Gasteiger partial charge in [0, 0.05) is 0 Å². The van der Waals surface area contributed by atoms with Crippen LogP contribution < -0.4 is 19.6 Å². The van der Waals surface area contributed by atoms with Crippen LogP contribution in [0.25, 0.3) is 11.3 Å². The van der Waals surface area contributed by atoms with Crippen LogP contribution in [0, 0.1) is 0 Å². The van der Waals surface area contributed by atoms with Crippen molar-refractivity contribution >= 4 is 27.3 Å². The molecule has 3 heterocycles. The van der Waals surface area contributed by atoms with E-state index in [1.54, 1.807) is 13.3 Å². The van der Waals surface area contributed by atoms with Crippen LogP contribution in [0.3, 0.4) is 0 Å². The van der Waals surface area contributed by atoms with Gasteiger partial charge in [0.2, 0.25) is 0 Å². The molecule has 0 aromatic carbocycles. The van der Waals surface area contributed by atoms with Crippen LogP contribution in [0.2, 0.25) is 0 Å². The summed E-state index contributed by atoms with van der Waals surface area (Å²) in [5.41, 5.74) is 1.89. The van der Waals surface area contributed by atoms with E-state index in [0.717, 1.165) is 47.9 Å². The Morgan fingerprint density at radius 2 is 2.05 bits per heavy atom. The average Bonchev–Trinajstić information content (AvgIpc) is 2.55. The zero-order valence-corrected chi connectivity index (χ0v) is 14.3. The number of methoxy groups -OCH3 is 1. The Labute approximate surface area is 132 Å². The molecule has 2 aromatic heterocycles. The molecule has 0 spiro atoms. The van der Waals surface area contributed by atoms with Crippen molar-refractivity contribution in [3.05, 3.63) is 24.4 Å². The number of nitrogens with one attached hydrogen (secondary N) is 1. The molecule has 0 amide bonds. The molecule has 1 atom stereocenters. The summed E-state index contributed by atoms with van der Waals surface area (Å²) in [6.45, 7) is 3.94. The van der Waals surface area contributed by atoms with Crippen molar-refractivity contribution in [3.8, 4) is 17.1 Å². The Morgan fingerprint density at radius 1 is 1.24 bits per heavy atom. The van der Waals surface area contributed by atoms with Gasteiger partial charge in [-0.3, -0.25) is 0 Å². The van der Waals surface area contributed by atoms with Crippen molar-refractivity contribution in [2.75, 3.05) is 38.2 Å². The van der Waals surface area contributed by atoms with Crippen molar-refractivity contribution in [3.63, 3.8) is 0 Å². The predicted molar refractivity (Wildman–Crippen MR) is 85.1 cm³/mol. The molecule has 21 heavy (non-hydrogen) atoms. The second-order valence-electron chi connectivity index (χ2n) is 4.80. The van der Waals surface area contributed by atoms with E-state index in [1.807, 2.05) is 18.2 Å². The molecule has 0 radical (unpaired) electrons. The van der Waals surface area contributed by atoms with Crippen LogP contribution in [0.4, 0.5) is 5.82 Å². The van der Waals surface area contributed by atoms with Gasteiger partial charge in [0.25, 0.3) is 0 Å². The van der Waals surface area contributed by atoms with Crippen LogP contribution in [0.1, 0.15) is 0 Å². The quantitative estimate of drug-likeness (QED) is 0.735. The summed E-state index contributed by atoms with van der Waals surface area (Å²) in [6.07, 6.45) is 1.79. The van der Waals surface area contributed by atoms with Gasteiger partial charge in [-0.1, -0.05) is 0 Å². The number of anilines is 1. The first-order valence-electron chi connectivity index (χ1n) is 6.87. The number of nitrogens with zero attached hydrogens (tertiary/aromatic N) is 4. The summed E-state index contributed by atoms with van der Waals surface area (Å²) in [7, 11) is 1.61. The van der Waals surface area contributed by atoms with E-state index in [4.69, 9.17) is 4.74 Å². The standard InChI is InChI=1S/C14H18AsN5O/c1-21-13-3-2-10(9-17-13)11-8-12(19-14(15)18-11)20-6-4-16-5-7-20/h2-3,8-9,16H,4-7,15H2,1H3. The first-order chi connectivity index (χ1) is 10.3. The van der Waals surface area contributed by atoms with Crippen molar-refractivity contribution in [1.29, 1.82) is 0 Å². The Hall–Kier alpha value is -1.65. The molecule has 1 fully saturated rings. The van der Waals surface area contributed by atoms with E-state index in [0.29, 0.717) is 5.88 Å². The number of aromatic nitrogens is 3. The minimum absolute atomic E-state index is 0.607. The Kier molecular flexibility index (Phi) is 4.36. The summed E-state index contributed by atoms with van der Waals surface area (Å²) in [5, 5.41) is 3.35. The van der Waals surface area contributed by atoms with Gasteiger partial charge < -0.3 is 0 Å². The van der Waals surface area contributed by atoms with Gasteiger partial charge in [-0.25, -0.2) is 0 Å². The molecular formula is C14H18AsN5O. The average molecular weight is 347 g/mol. The van der Waals surface area contributed by atoms with E-state index < -0.39 is 0 Å². The van der Waals surface area contributed by atoms with Gasteiger partial charge in [-0.15, -0.1) is 0 Å². The fourth-order valence-electron chi connectivity index (χ4n) is 2.31. The molecule has 1 aliphatic rings. The number of piperazine rings is 1. The maximum atomic E-state index is 5.09. The molecule has 1 aliphatic heterocycles. The van der Waals surface area contributed by atoms with Crippen LogP contribution in [0.15, 0.2) is 24.4 Å². The van der Waals surface area contributed by atoms with E-state index in [9.17, 15) is 0 Å². The summed E-state index contributed by atoms with van der Waals surface area (Å²) < 4.78 is 5.93. The van der Waals surface area contributed by atoms with E-state index >= 15 is 0 Å². The maximum absolute atomic E-state index is 5.09. The number of hydrogen-bond donors (Lipinski definition) is 1. The molecular weight excluding hydrogens is 329 g/mol. The molecule has 1 saturated heterocycles. The Morgan fingerprint density at radius 3 is 2.71 bits per heavy atom. The molecule has 6 nitrogen and oxygen atoms in total. The SMILES string of the molecule is COc1ccc(-c2cc(N3CCNCC3)nc([AsH2])n2)cn1. The molecule has 2 aromatic rings. The van der Waals surface area contributed by atoms with Gasteiger partial charge in [-0.2, -0.15) is 0 Å². The van der Waals surface area contributed by atoms with Crippen LogP contribution in [-0.4, -0.2) is 65.1 Å². The second-order valence-corrected chi connectivity index (χ2v) is 5.88. The normalized spacial score (nSPS) is 15.0. The zero-order chi connectivity index (χ0) is 14.7. The molecule has 1 unspecified atom stereocenters. The molecule has 110 valence electrons. The first kappa shape index (κ1) is 14.3. The zero-order valence-electron chi connectivity index (χ0n) is 11.9. The fourth-order valence-corrected chi connectivity index (χ4v) is 2.88. The van der Waals surface area contributed by atoms with E-state index in [1.165, 1.54) is 16.9 Å². The monoisotopic (exact) mass is 347 g/mol. The summed E-state index contributed by atoms with van der Waals surface area (Å²) in [5.74, 6) is 1.60. The first-order valence-corrected chi connectivity index (χ1v) is 8.08. The molecule has 1 N–H and O–H groups in total. The van der Waals surface area contributed by atoms with Crippen LogP contribution >= 0.6 is 0 Å². The number of ether oxygens (including phenoxy) is 1. The Balaban J connectivity index is 1.92. The third kappa shape index (κ3) is 3.33. The van der Waals surface area contributed by atoms with Crippen molar-refractivity contribution in [2.45, 2.75) is 0 Å². The van der Waals surface area contributed by atoms with Gasteiger partial charge in [0.15, 0.2) is 0 Å². The van der Waals surface area contributed by atoms with E-state index in [-0.39, 0.29) is 0 Å². The molecule has 0 bridgehead atoms. The third-order valence-electron chi connectivity index (χ3n) is 3.41. The van der Waals surface area contributed by atoms with Crippen LogP contribution in [0.5, 0.6) is 5.88 Å². The van der Waals surface area contributed by atoms with E-state index in [2.05, 4.69) is 25.2 Å². The number of pyridine rings is 1. The number of rotatable bonds is 3. The third-order valence-corrected chi connectivity index (χ3v) is 3.95. The van der Waals surface area contributed by atoms with Crippen LogP contribution in [-0.2, 0) is 0 Å². The predicted octanol–water partition coefficient (Wildman–Crippen LogP) is -0.785. The molecule has 0 aliphatic carbocycles. The van der Waals surface area contributed by atoms with Gasteiger partial charge in [-0.05, 0) is 0 Å². The second kappa shape index (κ2) is 6.41. The summed E-state index contributed by atoms with van der Waals surface area (Å²) >= 11 is 1.43. The molecule has 7 heteroatoms.